The Labute approximate surface area is 165 Å². The van der Waals surface area contributed by atoms with Crippen molar-refractivity contribution >= 4 is 55.9 Å². The number of hydrogen-bond donors (Lipinski definition) is 1. The highest BCUT2D eigenvalue weighted by Gasteiger charge is 2.21. The summed E-state index contributed by atoms with van der Waals surface area (Å²) in [5, 5.41) is 4.44. The fourth-order valence-corrected chi connectivity index (χ4v) is 4.17. The molecule has 3 aromatic rings. The number of pyridine rings is 1. The van der Waals surface area contributed by atoms with Crippen LogP contribution >= 0.6 is 27.7 Å². The normalized spacial score (nSPS) is 14.4. The van der Waals surface area contributed by atoms with Gasteiger partial charge in [-0.3, -0.25) is 4.79 Å². The maximum absolute atomic E-state index is 12.9. The number of amides is 1. The lowest BCUT2D eigenvalue weighted by molar-refractivity contribution is 0.0767. The second-order valence-corrected chi connectivity index (χ2v) is 8.25. The van der Waals surface area contributed by atoms with Gasteiger partial charge in [0, 0.05) is 40.1 Å². The molecule has 1 saturated heterocycles. The van der Waals surface area contributed by atoms with Crippen molar-refractivity contribution in [3.05, 3.63) is 64.8 Å². The van der Waals surface area contributed by atoms with Gasteiger partial charge in [0.15, 0.2) is 0 Å². The predicted molar refractivity (Wildman–Crippen MR) is 112 cm³/mol. The van der Waals surface area contributed by atoms with Crippen LogP contribution in [0.25, 0.3) is 10.9 Å². The van der Waals surface area contributed by atoms with E-state index in [-0.39, 0.29) is 5.91 Å². The standard InChI is InChI=1S/C20H18BrN3OS/c21-14-5-7-15(8-6-14)22-18-13-19(20(25)24-9-11-26-12-10-24)23-17-4-2-1-3-16(17)18/h1-8,13H,9-12H2,(H,22,23). The zero-order valence-electron chi connectivity index (χ0n) is 14.1. The van der Waals surface area contributed by atoms with Gasteiger partial charge in [-0.05, 0) is 36.4 Å². The molecule has 2 heterocycles. The van der Waals surface area contributed by atoms with E-state index in [0.717, 1.165) is 51.3 Å². The Balaban J connectivity index is 1.73. The van der Waals surface area contributed by atoms with E-state index >= 15 is 0 Å². The lowest BCUT2D eigenvalue weighted by Crippen LogP contribution is -2.38. The van der Waals surface area contributed by atoms with Gasteiger partial charge in [0.2, 0.25) is 0 Å². The van der Waals surface area contributed by atoms with E-state index in [4.69, 9.17) is 0 Å². The van der Waals surface area contributed by atoms with Crippen LogP contribution in [0.5, 0.6) is 0 Å². The Kier molecular flexibility index (Phi) is 5.13. The smallest absolute Gasteiger partial charge is 0.272 e. The molecule has 0 radical (unpaired) electrons. The summed E-state index contributed by atoms with van der Waals surface area (Å²) in [7, 11) is 0. The highest BCUT2D eigenvalue weighted by Crippen LogP contribution is 2.28. The first-order valence-electron chi connectivity index (χ1n) is 8.50. The molecule has 6 heteroatoms. The van der Waals surface area contributed by atoms with Gasteiger partial charge in [-0.15, -0.1) is 0 Å². The largest absolute Gasteiger partial charge is 0.355 e. The van der Waals surface area contributed by atoms with E-state index in [9.17, 15) is 4.79 Å². The molecule has 0 aliphatic carbocycles. The van der Waals surface area contributed by atoms with Crippen LogP contribution in [-0.4, -0.2) is 40.4 Å². The molecule has 2 aromatic carbocycles. The number of nitrogens with one attached hydrogen (secondary N) is 1. The number of benzene rings is 2. The quantitative estimate of drug-likeness (QED) is 0.643. The number of carbonyl (C=O) groups is 1. The summed E-state index contributed by atoms with van der Waals surface area (Å²) in [6.45, 7) is 1.57. The van der Waals surface area contributed by atoms with Crippen molar-refractivity contribution in [3.63, 3.8) is 0 Å². The number of hydrogen-bond acceptors (Lipinski definition) is 4. The van der Waals surface area contributed by atoms with E-state index in [0.29, 0.717) is 5.69 Å². The number of para-hydroxylation sites is 1. The van der Waals surface area contributed by atoms with Gasteiger partial charge in [-0.2, -0.15) is 11.8 Å². The topological polar surface area (TPSA) is 45.2 Å². The van der Waals surface area contributed by atoms with Gasteiger partial charge in [-0.1, -0.05) is 34.1 Å². The molecule has 1 aliphatic heterocycles. The summed E-state index contributed by atoms with van der Waals surface area (Å²) >= 11 is 5.35. The van der Waals surface area contributed by atoms with Crippen molar-refractivity contribution in [2.24, 2.45) is 0 Å². The Bertz CT molecular complexity index is 939. The second kappa shape index (κ2) is 7.68. The van der Waals surface area contributed by atoms with Gasteiger partial charge in [-0.25, -0.2) is 4.98 Å². The molecule has 132 valence electrons. The molecule has 4 rings (SSSR count). The van der Waals surface area contributed by atoms with E-state index < -0.39 is 0 Å². The summed E-state index contributed by atoms with van der Waals surface area (Å²) in [4.78, 5) is 19.4. The summed E-state index contributed by atoms with van der Waals surface area (Å²) in [5.74, 6) is 1.99. The van der Waals surface area contributed by atoms with Crippen molar-refractivity contribution in [1.29, 1.82) is 0 Å². The maximum atomic E-state index is 12.9. The fourth-order valence-electron chi connectivity index (χ4n) is 3.01. The molecular formula is C20H18BrN3OS. The molecule has 1 N–H and O–H groups in total. The lowest BCUT2D eigenvalue weighted by atomic mass is 10.1. The summed E-state index contributed by atoms with van der Waals surface area (Å²) in [5.41, 5.74) is 3.18. The molecule has 0 atom stereocenters. The molecule has 0 spiro atoms. The van der Waals surface area contributed by atoms with Crippen molar-refractivity contribution in [3.8, 4) is 0 Å². The van der Waals surface area contributed by atoms with Gasteiger partial charge in [0.05, 0.1) is 11.2 Å². The van der Waals surface area contributed by atoms with Crippen molar-refractivity contribution in [1.82, 2.24) is 9.88 Å². The third kappa shape index (κ3) is 3.71. The number of carbonyl (C=O) groups excluding carboxylic acids is 1. The molecule has 4 nitrogen and oxygen atoms in total. The molecule has 0 unspecified atom stereocenters. The maximum Gasteiger partial charge on any atom is 0.272 e. The summed E-state index contributed by atoms with van der Waals surface area (Å²) in [6.07, 6.45) is 0. The minimum atomic E-state index is 0.00918. The zero-order valence-corrected chi connectivity index (χ0v) is 16.5. The van der Waals surface area contributed by atoms with Crippen LogP contribution in [0.15, 0.2) is 59.1 Å². The predicted octanol–water partition coefficient (Wildman–Crippen LogP) is 4.93. The third-order valence-electron chi connectivity index (χ3n) is 4.36. The minimum absolute atomic E-state index is 0.00918. The first kappa shape index (κ1) is 17.4. The average molecular weight is 428 g/mol. The molecule has 0 bridgehead atoms. The van der Waals surface area contributed by atoms with Gasteiger partial charge in [0.25, 0.3) is 5.91 Å². The summed E-state index contributed by atoms with van der Waals surface area (Å²) in [6, 6.07) is 17.8. The minimum Gasteiger partial charge on any atom is -0.355 e. The van der Waals surface area contributed by atoms with Gasteiger partial charge >= 0.3 is 0 Å². The lowest BCUT2D eigenvalue weighted by Gasteiger charge is -2.26. The number of thioether (sulfide) groups is 1. The molecule has 26 heavy (non-hydrogen) atoms. The Hall–Kier alpha value is -2.05. The Morgan fingerprint density at radius 3 is 2.58 bits per heavy atom. The summed E-state index contributed by atoms with van der Waals surface area (Å²) < 4.78 is 1.03. The second-order valence-electron chi connectivity index (χ2n) is 6.11. The van der Waals surface area contributed by atoms with Crippen LogP contribution < -0.4 is 5.32 Å². The third-order valence-corrected chi connectivity index (χ3v) is 5.83. The van der Waals surface area contributed by atoms with Gasteiger partial charge in [0.1, 0.15) is 5.69 Å². The molecule has 1 aliphatic rings. The van der Waals surface area contributed by atoms with Crippen molar-refractivity contribution in [2.75, 3.05) is 29.9 Å². The zero-order chi connectivity index (χ0) is 17.9. The van der Waals surface area contributed by atoms with Crippen LogP contribution in [0.3, 0.4) is 0 Å². The molecule has 1 amide bonds. The van der Waals surface area contributed by atoms with E-state index in [2.05, 4.69) is 26.2 Å². The van der Waals surface area contributed by atoms with Crippen LogP contribution in [0, 0.1) is 0 Å². The number of anilines is 2. The van der Waals surface area contributed by atoms with E-state index in [1.807, 2.05) is 71.3 Å². The van der Waals surface area contributed by atoms with Crippen LogP contribution in [-0.2, 0) is 0 Å². The molecular weight excluding hydrogens is 410 g/mol. The van der Waals surface area contributed by atoms with E-state index in [1.54, 1.807) is 0 Å². The first-order valence-corrected chi connectivity index (χ1v) is 10.4. The fraction of sp³-hybridized carbons (Fsp3) is 0.200. The van der Waals surface area contributed by atoms with Crippen LogP contribution in [0.2, 0.25) is 0 Å². The molecule has 1 fully saturated rings. The average Bonchev–Trinajstić information content (AvgIpc) is 2.69. The van der Waals surface area contributed by atoms with E-state index in [1.165, 1.54) is 0 Å². The number of fused-ring (bicyclic) bond motifs is 1. The SMILES string of the molecule is O=C(c1cc(Nc2ccc(Br)cc2)c2ccccc2n1)N1CCSCC1. The van der Waals surface area contributed by atoms with Crippen molar-refractivity contribution in [2.45, 2.75) is 0 Å². The highest BCUT2D eigenvalue weighted by atomic mass is 79.9. The highest BCUT2D eigenvalue weighted by molar-refractivity contribution is 9.10. The Morgan fingerprint density at radius 2 is 1.81 bits per heavy atom. The molecule has 0 saturated carbocycles. The number of rotatable bonds is 3. The van der Waals surface area contributed by atoms with Crippen LogP contribution in [0.1, 0.15) is 10.5 Å². The molecule has 1 aromatic heterocycles. The number of nitrogens with zero attached hydrogens (tertiary/aromatic N) is 2. The van der Waals surface area contributed by atoms with Crippen molar-refractivity contribution < 1.29 is 4.79 Å². The van der Waals surface area contributed by atoms with Crippen LogP contribution in [0.4, 0.5) is 11.4 Å². The first-order chi connectivity index (χ1) is 12.7. The monoisotopic (exact) mass is 427 g/mol. The van der Waals surface area contributed by atoms with Gasteiger partial charge < -0.3 is 10.2 Å². The Morgan fingerprint density at radius 1 is 1.08 bits per heavy atom. The number of aromatic nitrogens is 1. The number of halogens is 1.